The summed E-state index contributed by atoms with van der Waals surface area (Å²) in [4.78, 5) is 12.1. The number of methoxy groups -OCH3 is 1. The molecule has 1 aromatic rings. The van der Waals surface area contributed by atoms with Gasteiger partial charge in [-0.2, -0.15) is 0 Å². The van der Waals surface area contributed by atoms with Crippen molar-refractivity contribution in [1.29, 1.82) is 0 Å². The topological polar surface area (TPSA) is 58.6 Å². The molecule has 0 saturated carbocycles. The number of aliphatic hydroxyl groups is 1. The zero-order valence-corrected chi connectivity index (χ0v) is 12.6. The Morgan fingerprint density at radius 3 is 2.67 bits per heavy atom. The van der Waals surface area contributed by atoms with Gasteiger partial charge in [0.05, 0.1) is 7.11 Å². The maximum atomic E-state index is 12.1. The molecule has 3 atom stereocenters. The highest BCUT2D eigenvalue weighted by Crippen LogP contribution is 2.22. The van der Waals surface area contributed by atoms with E-state index in [0.717, 1.165) is 17.7 Å². The average Bonchev–Trinajstić information content (AvgIpc) is 2.94. The van der Waals surface area contributed by atoms with E-state index < -0.39 is 0 Å². The van der Waals surface area contributed by atoms with Crippen LogP contribution in [0.25, 0.3) is 0 Å². The Balaban J connectivity index is 1.83. The molecule has 1 aliphatic rings. The first kappa shape index (κ1) is 15.6. The van der Waals surface area contributed by atoms with Crippen molar-refractivity contribution in [2.45, 2.75) is 31.7 Å². The molecule has 2 N–H and O–H groups in total. The predicted molar refractivity (Wildman–Crippen MR) is 82.3 cm³/mol. The molecule has 2 rings (SSSR count). The normalized spacial score (nSPS) is 22.0. The second kappa shape index (κ2) is 7.27. The van der Waals surface area contributed by atoms with Crippen LogP contribution < -0.4 is 10.1 Å². The second-order valence-electron chi connectivity index (χ2n) is 5.62. The fraction of sp³-hybridized carbons (Fsp3) is 0.471. The van der Waals surface area contributed by atoms with E-state index in [2.05, 4.69) is 5.32 Å². The van der Waals surface area contributed by atoms with Gasteiger partial charge in [0, 0.05) is 25.0 Å². The third-order valence-electron chi connectivity index (χ3n) is 3.93. The quantitative estimate of drug-likeness (QED) is 0.790. The first-order chi connectivity index (χ1) is 10.1. The minimum atomic E-state index is 0.0477. The molecule has 1 aliphatic carbocycles. The van der Waals surface area contributed by atoms with Gasteiger partial charge < -0.3 is 15.2 Å². The Morgan fingerprint density at radius 2 is 2.10 bits per heavy atom. The Hall–Kier alpha value is -1.81. The molecule has 1 aromatic carbocycles. The van der Waals surface area contributed by atoms with Gasteiger partial charge in [0.25, 0.3) is 0 Å². The van der Waals surface area contributed by atoms with Crippen LogP contribution in [0, 0.1) is 5.92 Å². The molecule has 21 heavy (non-hydrogen) atoms. The summed E-state index contributed by atoms with van der Waals surface area (Å²) in [5.74, 6) is 1.21. The first-order valence-corrected chi connectivity index (χ1v) is 7.35. The van der Waals surface area contributed by atoms with E-state index in [4.69, 9.17) is 9.84 Å². The minimum Gasteiger partial charge on any atom is -0.497 e. The van der Waals surface area contributed by atoms with Gasteiger partial charge in [0.15, 0.2) is 0 Å². The van der Waals surface area contributed by atoms with Gasteiger partial charge >= 0.3 is 0 Å². The number of hydrogen-bond donors (Lipinski definition) is 2. The number of benzene rings is 1. The van der Waals surface area contributed by atoms with E-state index in [1.54, 1.807) is 7.11 Å². The Labute approximate surface area is 125 Å². The van der Waals surface area contributed by atoms with Gasteiger partial charge in [-0.05, 0) is 30.0 Å². The van der Waals surface area contributed by atoms with Crippen molar-refractivity contribution < 1.29 is 14.6 Å². The van der Waals surface area contributed by atoms with Crippen LogP contribution in [0.1, 0.15) is 31.2 Å². The molecule has 4 heteroatoms. The zero-order chi connectivity index (χ0) is 15.2. The van der Waals surface area contributed by atoms with Gasteiger partial charge in [-0.3, -0.25) is 4.79 Å². The summed E-state index contributed by atoms with van der Waals surface area (Å²) in [7, 11) is 1.64. The number of rotatable bonds is 6. The Kier molecular flexibility index (Phi) is 5.39. The summed E-state index contributed by atoms with van der Waals surface area (Å²) >= 11 is 0. The molecule has 0 aliphatic heterocycles. The molecule has 0 spiro atoms. The summed E-state index contributed by atoms with van der Waals surface area (Å²) < 4.78 is 5.13. The van der Waals surface area contributed by atoms with Crippen molar-refractivity contribution >= 4 is 5.91 Å². The lowest BCUT2D eigenvalue weighted by Crippen LogP contribution is -2.33. The Bertz CT molecular complexity index is 495. The highest BCUT2D eigenvalue weighted by atomic mass is 16.5. The minimum absolute atomic E-state index is 0.0477. The van der Waals surface area contributed by atoms with Gasteiger partial charge in [-0.25, -0.2) is 0 Å². The summed E-state index contributed by atoms with van der Waals surface area (Å²) in [5, 5.41) is 12.1. The highest BCUT2D eigenvalue weighted by Gasteiger charge is 2.20. The van der Waals surface area contributed by atoms with E-state index in [1.807, 2.05) is 43.3 Å². The summed E-state index contributed by atoms with van der Waals surface area (Å²) in [5.41, 5.74) is 1.13. The van der Waals surface area contributed by atoms with Gasteiger partial charge in [0.1, 0.15) is 5.75 Å². The number of carbonyl (C=O) groups excluding carboxylic acids is 1. The van der Waals surface area contributed by atoms with Crippen molar-refractivity contribution in [3.8, 4) is 5.75 Å². The van der Waals surface area contributed by atoms with Gasteiger partial charge in [-0.1, -0.05) is 31.2 Å². The smallest absolute Gasteiger partial charge is 0.221 e. The highest BCUT2D eigenvalue weighted by molar-refractivity contribution is 5.77. The third-order valence-corrected chi connectivity index (χ3v) is 3.93. The molecule has 0 heterocycles. The zero-order valence-electron chi connectivity index (χ0n) is 12.6. The van der Waals surface area contributed by atoms with Crippen molar-refractivity contribution in [2.75, 3.05) is 13.7 Å². The first-order valence-electron chi connectivity index (χ1n) is 7.35. The van der Waals surface area contributed by atoms with Crippen molar-refractivity contribution in [2.24, 2.45) is 5.92 Å². The molecule has 0 aromatic heterocycles. The number of carbonyl (C=O) groups is 1. The van der Waals surface area contributed by atoms with E-state index in [-0.39, 0.29) is 30.4 Å². The molecule has 4 nitrogen and oxygen atoms in total. The lowest BCUT2D eigenvalue weighted by Gasteiger charge is -2.16. The second-order valence-corrected chi connectivity index (χ2v) is 5.62. The summed E-state index contributed by atoms with van der Waals surface area (Å²) in [6.45, 7) is 2.19. The fourth-order valence-electron chi connectivity index (χ4n) is 2.61. The number of nitrogens with one attached hydrogen (secondary N) is 1. The van der Waals surface area contributed by atoms with E-state index in [1.165, 1.54) is 0 Å². The summed E-state index contributed by atoms with van der Waals surface area (Å²) in [6, 6.07) is 7.87. The monoisotopic (exact) mass is 289 g/mol. The SMILES string of the molecule is COc1ccc(C(C)CC(=O)N[C@@H]2C=C[C@H](CO)C2)cc1. The largest absolute Gasteiger partial charge is 0.497 e. The van der Waals surface area contributed by atoms with Crippen LogP contribution in [0.15, 0.2) is 36.4 Å². The molecule has 0 radical (unpaired) electrons. The molecule has 0 bridgehead atoms. The van der Waals surface area contributed by atoms with Crippen LogP contribution in [0.2, 0.25) is 0 Å². The number of amides is 1. The van der Waals surface area contributed by atoms with Crippen LogP contribution in [0.4, 0.5) is 0 Å². The Morgan fingerprint density at radius 1 is 1.38 bits per heavy atom. The van der Waals surface area contributed by atoms with Crippen molar-refractivity contribution in [3.05, 3.63) is 42.0 Å². The van der Waals surface area contributed by atoms with Crippen molar-refractivity contribution in [3.63, 3.8) is 0 Å². The van der Waals surface area contributed by atoms with Gasteiger partial charge in [0.2, 0.25) is 5.91 Å². The van der Waals surface area contributed by atoms with Crippen LogP contribution in [-0.2, 0) is 4.79 Å². The summed E-state index contributed by atoms with van der Waals surface area (Å²) in [6.07, 6.45) is 5.19. The number of hydrogen-bond acceptors (Lipinski definition) is 3. The fourth-order valence-corrected chi connectivity index (χ4v) is 2.61. The van der Waals surface area contributed by atoms with Crippen LogP contribution in [0.5, 0.6) is 5.75 Å². The van der Waals surface area contributed by atoms with Crippen molar-refractivity contribution in [1.82, 2.24) is 5.32 Å². The molecular formula is C17H23NO3. The maximum Gasteiger partial charge on any atom is 0.221 e. The maximum absolute atomic E-state index is 12.1. The molecule has 1 unspecified atom stereocenters. The van der Waals surface area contributed by atoms with E-state index in [9.17, 15) is 4.79 Å². The molecule has 0 fully saturated rings. The van der Waals surface area contributed by atoms with Crippen LogP contribution in [-0.4, -0.2) is 30.8 Å². The van der Waals surface area contributed by atoms with Crippen LogP contribution >= 0.6 is 0 Å². The van der Waals surface area contributed by atoms with Gasteiger partial charge in [-0.15, -0.1) is 0 Å². The predicted octanol–water partition coefficient (Wildman–Crippen LogP) is 2.24. The standard InChI is InChI=1S/C17H23NO3/c1-12(14-4-7-16(21-2)8-5-14)9-17(20)18-15-6-3-13(10-15)11-19/h3-8,12-13,15,19H,9-11H2,1-2H3,(H,18,20)/t12?,13-,15+/m0/s1. The number of aliphatic hydroxyl groups excluding tert-OH is 1. The van der Waals surface area contributed by atoms with E-state index in [0.29, 0.717) is 6.42 Å². The van der Waals surface area contributed by atoms with Crippen LogP contribution in [0.3, 0.4) is 0 Å². The molecule has 0 saturated heterocycles. The van der Waals surface area contributed by atoms with E-state index >= 15 is 0 Å². The lowest BCUT2D eigenvalue weighted by molar-refractivity contribution is -0.121. The number of ether oxygens (including phenoxy) is 1. The molecule has 1 amide bonds. The third kappa shape index (κ3) is 4.33. The lowest BCUT2D eigenvalue weighted by atomic mass is 9.97. The average molecular weight is 289 g/mol. The molecular weight excluding hydrogens is 266 g/mol. The molecule has 114 valence electrons.